The minimum Gasteiger partial charge on any atom is -0.473 e. The molecule has 2 heterocycles. The fraction of sp³-hybridized carbons (Fsp3) is 0.100. The van der Waals surface area contributed by atoms with Gasteiger partial charge in [0.2, 0.25) is 0 Å². The number of thiophene rings is 1. The Labute approximate surface area is 165 Å². The molecule has 1 atom stereocenters. The van der Waals surface area contributed by atoms with Crippen molar-refractivity contribution in [2.75, 3.05) is 11.6 Å². The summed E-state index contributed by atoms with van der Waals surface area (Å²) in [5, 5.41) is 13.6. The van der Waals surface area contributed by atoms with Gasteiger partial charge in [0, 0.05) is 33.3 Å². The van der Waals surface area contributed by atoms with Gasteiger partial charge in [-0.25, -0.2) is 0 Å². The van der Waals surface area contributed by atoms with Crippen LogP contribution in [0.4, 0.5) is 11.4 Å². The number of ether oxygens (including phenoxy) is 1. The standard InChI is InChI=1S/C20H15ClN2O3S/c21-15-5-3-14(4-6-15)19-12-18(20-2-1-11-27-20)22(13-26-19)16-7-9-17(10-8-16)23(24)25/h1-12,18H,13H2. The highest BCUT2D eigenvalue weighted by molar-refractivity contribution is 7.10. The SMILES string of the molecule is O=[N+]([O-])c1ccc(N2COC(c3ccc(Cl)cc3)=CC2c2cccs2)cc1. The van der Waals surface area contributed by atoms with Crippen LogP contribution in [-0.4, -0.2) is 11.7 Å². The Kier molecular flexibility index (Phi) is 4.83. The molecular formula is C20H15ClN2O3S. The summed E-state index contributed by atoms with van der Waals surface area (Å²) in [7, 11) is 0. The average molecular weight is 399 g/mol. The fourth-order valence-corrected chi connectivity index (χ4v) is 3.92. The van der Waals surface area contributed by atoms with Gasteiger partial charge in [-0.15, -0.1) is 11.3 Å². The topological polar surface area (TPSA) is 55.6 Å². The first-order valence-corrected chi connectivity index (χ1v) is 9.52. The van der Waals surface area contributed by atoms with E-state index in [2.05, 4.69) is 17.0 Å². The Hall–Kier alpha value is -2.83. The second kappa shape index (κ2) is 7.42. The third kappa shape index (κ3) is 3.67. The van der Waals surface area contributed by atoms with Gasteiger partial charge in [-0.1, -0.05) is 17.7 Å². The van der Waals surface area contributed by atoms with E-state index in [0.29, 0.717) is 11.8 Å². The molecule has 0 radical (unpaired) electrons. The van der Waals surface area contributed by atoms with E-state index in [0.717, 1.165) is 17.0 Å². The molecule has 136 valence electrons. The van der Waals surface area contributed by atoms with E-state index in [1.807, 2.05) is 35.7 Å². The minimum atomic E-state index is -0.397. The number of hydrogen-bond acceptors (Lipinski definition) is 5. The molecule has 0 aliphatic carbocycles. The highest BCUT2D eigenvalue weighted by Crippen LogP contribution is 2.37. The molecule has 0 N–H and O–H groups in total. The van der Waals surface area contributed by atoms with Crippen LogP contribution in [0, 0.1) is 10.1 Å². The van der Waals surface area contributed by atoms with Gasteiger partial charge in [-0.3, -0.25) is 10.1 Å². The van der Waals surface area contributed by atoms with Gasteiger partial charge in [-0.05, 0) is 53.9 Å². The van der Waals surface area contributed by atoms with Crippen LogP contribution in [-0.2, 0) is 4.74 Å². The van der Waals surface area contributed by atoms with Gasteiger partial charge in [0.25, 0.3) is 5.69 Å². The number of hydrogen-bond donors (Lipinski definition) is 0. The van der Waals surface area contributed by atoms with Gasteiger partial charge in [-0.2, -0.15) is 0 Å². The van der Waals surface area contributed by atoms with Gasteiger partial charge in [0.05, 0.1) is 11.0 Å². The zero-order valence-corrected chi connectivity index (χ0v) is 15.7. The molecule has 7 heteroatoms. The van der Waals surface area contributed by atoms with Crippen LogP contribution < -0.4 is 4.90 Å². The quantitative estimate of drug-likeness (QED) is 0.406. The number of benzene rings is 2. The van der Waals surface area contributed by atoms with Gasteiger partial charge >= 0.3 is 0 Å². The molecular weight excluding hydrogens is 384 g/mol. The monoisotopic (exact) mass is 398 g/mol. The van der Waals surface area contributed by atoms with Crippen molar-refractivity contribution < 1.29 is 9.66 Å². The molecule has 4 rings (SSSR count). The fourth-order valence-electron chi connectivity index (χ4n) is 2.99. The summed E-state index contributed by atoms with van der Waals surface area (Å²) in [6, 6.07) is 18.1. The second-order valence-corrected chi connectivity index (χ2v) is 7.43. The molecule has 1 aliphatic heterocycles. The molecule has 0 fully saturated rings. The first-order valence-electron chi connectivity index (χ1n) is 8.27. The number of rotatable bonds is 4. The molecule has 1 aliphatic rings. The normalized spacial score (nSPS) is 16.6. The number of nitro groups is 1. The summed E-state index contributed by atoms with van der Waals surface area (Å²) in [5.74, 6) is 0.795. The van der Waals surface area contributed by atoms with Gasteiger partial charge in [0.15, 0.2) is 6.73 Å². The number of anilines is 1. The molecule has 1 unspecified atom stereocenters. The van der Waals surface area contributed by atoms with E-state index in [9.17, 15) is 10.1 Å². The Balaban J connectivity index is 1.70. The lowest BCUT2D eigenvalue weighted by molar-refractivity contribution is -0.384. The molecule has 0 saturated carbocycles. The molecule has 5 nitrogen and oxygen atoms in total. The van der Waals surface area contributed by atoms with Crippen molar-refractivity contribution in [3.8, 4) is 0 Å². The van der Waals surface area contributed by atoms with Crippen LogP contribution in [0.1, 0.15) is 16.5 Å². The van der Waals surface area contributed by atoms with E-state index in [1.54, 1.807) is 23.5 Å². The average Bonchev–Trinajstić information content (AvgIpc) is 3.23. The van der Waals surface area contributed by atoms with Crippen LogP contribution in [0.2, 0.25) is 5.02 Å². The Morgan fingerprint density at radius 1 is 1.11 bits per heavy atom. The maximum Gasteiger partial charge on any atom is 0.269 e. The summed E-state index contributed by atoms with van der Waals surface area (Å²) in [6.45, 7) is 0.342. The highest BCUT2D eigenvalue weighted by Gasteiger charge is 2.26. The first kappa shape index (κ1) is 17.6. The molecule has 3 aromatic rings. The van der Waals surface area contributed by atoms with E-state index < -0.39 is 4.92 Å². The summed E-state index contributed by atoms with van der Waals surface area (Å²) in [5.41, 5.74) is 1.90. The van der Waals surface area contributed by atoms with Gasteiger partial charge in [0.1, 0.15) is 5.76 Å². The number of non-ortho nitro benzene ring substituents is 1. The smallest absolute Gasteiger partial charge is 0.269 e. The van der Waals surface area contributed by atoms with Crippen molar-refractivity contribution in [3.05, 3.63) is 97.7 Å². The zero-order chi connectivity index (χ0) is 18.8. The van der Waals surface area contributed by atoms with E-state index in [1.165, 1.54) is 17.0 Å². The highest BCUT2D eigenvalue weighted by atomic mass is 35.5. The third-order valence-corrected chi connectivity index (χ3v) is 5.55. The molecule has 0 bridgehead atoms. The Morgan fingerprint density at radius 3 is 2.48 bits per heavy atom. The van der Waals surface area contributed by atoms with Crippen molar-refractivity contribution >= 4 is 40.1 Å². The number of halogens is 1. The van der Waals surface area contributed by atoms with Crippen LogP contribution in [0.3, 0.4) is 0 Å². The number of nitrogens with zero attached hydrogens (tertiary/aromatic N) is 2. The lowest BCUT2D eigenvalue weighted by atomic mass is 10.1. The molecule has 2 aromatic carbocycles. The largest absolute Gasteiger partial charge is 0.473 e. The summed E-state index contributed by atoms with van der Waals surface area (Å²) in [4.78, 5) is 13.8. The van der Waals surface area contributed by atoms with Crippen LogP contribution >= 0.6 is 22.9 Å². The van der Waals surface area contributed by atoms with Crippen molar-refractivity contribution in [2.24, 2.45) is 0 Å². The number of nitro benzene ring substituents is 1. The van der Waals surface area contributed by atoms with Crippen LogP contribution in [0.25, 0.3) is 5.76 Å². The lowest BCUT2D eigenvalue weighted by Crippen LogP contribution is -2.32. The van der Waals surface area contributed by atoms with Crippen LogP contribution in [0.15, 0.2) is 72.1 Å². The van der Waals surface area contributed by atoms with Crippen molar-refractivity contribution in [1.29, 1.82) is 0 Å². The Morgan fingerprint density at radius 2 is 1.85 bits per heavy atom. The third-order valence-electron chi connectivity index (χ3n) is 4.36. The van der Waals surface area contributed by atoms with Gasteiger partial charge < -0.3 is 9.64 Å². The summed E-state index contributed by atoms with van der Waals surface area (Å²) >= 11 is 7.65. The predicted molar refractivity (Wildman–Crippen MR) is 108 cm³/mol. The van der Waals surface area contributed by atoms with E-state index in [4.69, 9.17) is 16.3 Å². The van der Waals surface area contributed by atoms with E-state index >= 15 is 0 Å². The molecule has 1 aromatic heterocycles. The van der Waals surface area contributed by atoms with Crippen molar-refractivity contribution in [3.63, 3.8) is 0 Å². The van der Waals surface area contributed by atoms with Crippen molar-refractivity contribution in [1.82, 2.24) is 0 Å². The maximum atomic E-state index is 10.9. The van der Waals surface area contributed by atoms with Crippen LogP contribution in [0.5, 0.6) is 0 Å². The zero-order valence-electron chi connectivity index (χ0n) is 14.1. The van der Waals surface area contributed by atoms with Crippen molar-refractivity contribution in [2.45, 2.75) is 6.04 Å². The lowest BCUT2D eigenvalue weighted by Gasteiger charge is -2.35. The molecule has 27 heavy (non-hydrogen) atoms. The molecule has 0 spiro atoms. The predicted octanol–water partition coefficient (Wildman–Crippen LogP) is 5.89. The molecule has 0 saturated heterocycles. The minimum absolute atomic E-state index is 0.0223. The van der Waals surface area contributed by atoms with E-state index in [-0.39, 0.29) is 11.7 Å². The molecule has 0 amide bonds. The maximum absolute atomic E-state index is 10.9. The Bertz CT molecular complexity index is 969. The summed E-state index contributed by atoms with van der Waals surface area (Å²) < 4.78 is 5.99. The first-order chi connectivity index (χ1) is 13.1. The summed E-state index contributed by atoms with van der Waals surface area (Å²) in [6.07, 6.45) is 2.07. The second-order valence-electron chi connectivity index (χ2n) is 6.01.